The van der Waals surface area contributed by atoms with Crippen LogP contribution in [-0.2, 0) is 18.5 Å². The van der Waals surface area contributed by atoms with Gasteiger partial charge in [0.1, 0.15) is 6.61 Å². The minimum Gasteiger partial charge on any atom is -0.395 e. The average Bonchev–Trinajstić information content (AvgIpc) is 2.23. The van der Waals surface area contributed by atoms with Crippen LogP contribution in [0.15, 0.2) is 0 Å². The lowest BCUT2D eigenvalue weighted by atomic mass is 9.97. The van der Waals surface area contributed by atoms with Gasteiger partial charge in [-0.3, -0.25) is 4.79 Å². The highest BCUT2D eigenvalue weighted by atomic mass is 32.2. The van der Waals surface area contributed by atoms with Crippen LogP contribution in [0, 0.1) is 5.41 Å². The molecular weight excluding hydrogens is 241 g/mol. The number of hydrogen-bond acceptors (Lipinski definition) is 7. The van der Waals surface area contributed by atoms with E-state index in [1.165, 1.54) is 0 Å². The summed E-state index contributed by atoms with van der Waals surface area (Å²) >= 11 is 1.01. The van der Waals surface area contributed by atoms with Crippen LogP contribution in [0.25, 0.3) is 0 Å². The minimum absolute atomic E-state index is 0.102. The van der Waals surface area contributed by atoms with Crippen molar-refractivity contribution in [3.63, 3.8) is 0 Å². The maximum Gasteiger partial charge on any atom is 0.716 e. The van der Waals surface area contributed by atoms with Gasteiger partial charge in [-0.05, 0) is 18.5 Å². The number of nitrogens with two attached hydrogens (primary N) is 1. The molecule has 15 heavy (non-hydrogen) atoms. The fourth-order valence-corrected chi connectivity index (χ4v) is 1.77. The van der Waals surface area contributed by atoms with Gasteiger partial charge in [0.15, 0.2) is 5.12 Å². The van der Waals surface area contributed by atoms with E-state index in [1.54, 1.807) is 13.8 Å². The number of carbonyl (C=O) groups excluding carboxylic acids is 1. The van der Waals surface area contributed by atoms with Gasteiger partial charge in [0.25, 0.3) is 0 Å². The van der Waals surface area contributed by atoms with E-state index in [0.29, 0.717) is 5.75 Å². The summed E-state index contributed by atoms with van der Waals surface area (Å²) in [6, 6.07) is 0. The van der Waals surface area contributed by atoms with Gasteiger partial charge >= 0.3 is 8.25 Å². The Hall–Kier alpha value is -0.0400. The fourth-order valence-electron chi connectivity index (χ4n) is 0.537. The predicted molar refractivity (Wildman–Crippen MR) is 57.2 cm³/mol. The normalized spacial score (nSPS) is 12.7. The van der Waals surface area contributed by atoms with E-state index in [0.717, 1.165) is 11.8 Å². The van der Waals surface area contributed by atoms with Crippen molar-refractivity contribution in [3.8, 4) is 0 Å². The Morgan fingerprint density at radius 3 is 2.67 bits per heavy atom. The highest BCUT2D eigenvalue weighted by molar-refractivity contribution is 8.13. The molecular formula is C7H15NO5PS+. The molecule has 0 saturated carbocycles. The summed E-state index contributed by atoms with van der Waals surface area (Å²) < 4.78 is 19.1. The molecule has 0 fully saturated rings. The van der Waals surface area contributed by atoms with Crippen molar-refractivity contribution in [2.75, 3.05) is 19.0 Å². The molecule has 0 aromatic rings. The molecule has 0 spiro atoms. The van der Waals surface area contributed by atoms with Crippen molar-refractivity contribution in [2.45, 2.75) is 13.8 Å². The summed E-state index contributed by atoms with van der Waals surface area (Å²) in [6.07, 6.45) is 0. The minimum atomic E-state index is -2.29. The van der Waals surface area contributed by atoms with E-state index in [9.17, 15) is 9.36 Å². The number of rotatable bonds is 7. The Labute approximate surface area is 93.4 Å². The van der Waals surface area contributed by atoms with Gasteiger partial charge in [0.2, 0.25) is 0 Å². The lowest BCUT2D eigenvalue weighted by Gasteiger charge is -2.18. The zero-order valence-corrected chi connectivity index (χ0v) is 10.3. The Morgan fingerprint density at radius 1 is 1.60 bits per heavy atom. The molecule has 0 rings (SSSR count). The van der Waals surface area contributed by atoms with Crippen molar-refractivity contribution >= 4 is 25.1 Å². The van der Waals surface area contributed by atoms with Crippen molar-refractivity contribution in [3.05, 3.63) is 0 Å². The second kappa shape index (κ2) is 7.27. The van der Waals surface area contributed by atoms with Crippen LogP contribution in [0.4, 0.5) is 0 Å². The number of thioether (sulfide) groups is 1. The molecule has 0 aromatic heterocycles. The van der Waals surface area contributed by atoms with E-state index in [1.807, 2.05) is 0 Å². The lowest BCUT2D eigenvalue weighted by Crippen LogP contribution is -2.26. The Kier molecular flexibility index (Phi) is 7.25. The number of aliphatic hydroxyl groups excluding tert-OH is 1. The maximum absolute atomic E-state index is 11.4. The summed E-state index contributed by atoms with van der Waals surface area (Å²) in [4.78, 5) is 11.4. The van der Waals surface area contributed by atoms with Crippen molar-refractivity contribution < 1.29 is 23.6 Å². The second-order valence-corrected chi connectivity index (χ2v) is 5.32. The molecule has 8 heteroatoms. The first kappa shape index (κ1) is 15.0. The van der Waals surface area contributed by atoms with Crippen LogP contribution in [0.2, 0.25) is 0 Å². The first-order valence-electron chi connectivity index (χ1n) is 4.19. The molecule has 1 unspecified atom stereocenters. The third-order valence-corrected chi connectivity index (χ3v) is 3.30. The molecule has 3 N–H and O–H groups in total. The standard InChI is InChI=1S/C7H15NO5PS/c1-7(2,5-9)6(10)15-4-3-12-14(11)13-8/h9H,3-5,8H2,1-2H3/q+1. The molecule has 0 aromatic carbocycles. The number of hydrogen-bond donors (Lipinski definition) is 2. The van der Waals surface area contributed by atoms with Crippen LogP contribution in [0.5, 0.6) is 0 Å². The van der Waals surface area contributed by atoms with Crippen LogP contribution >= 0.6 is 20.0 Å². The van der Waals surface area contributed by atoms with E-state index >= 15 is 0 Å². The van der Waals surface area contributed by atoms with Gasteiger partial charge in [-0.1, -0.05) is 11.8 Å². The van der Waals surface area contributed by atoms with Gasteiger partial charge in [-0.2, -0.15) is 5.90 Å². The number of aliphatic hydroxyl groups is 1. The zero-order valence-electron chi connectivity index (χ0n) is 8.63. The maximum atomic E-state index is 11.4. The lowest BCUT2D eigenvalue weighted by molar-refractivity contribution is -0.119. The van der Waals surface area contributed by atoms with Gasteiger partial charge in [0.05, 0.1) is 12.0 Å². The van der Waals surface area contributed by atoms with Crippen LogP contribution in [-0.4, -0.2) is 29.2 Å². The Morgan fingerprint density at radius 2 is 2.20 bits per heavy atom. The molecule has 0 radical (unpaired) electrons. The molecule has 0 amide bonds. The molecule has 0 aliphatic rings. The highest BCUT2D eigenvalue weighted by Gasteiger charge is 2.27. The Balaban J connectivity index is 3.69. The second-order valence-electron chi connectivity index (χ2n) is 3.34. The van der Waals surface area contributed by atoms with Crippen LogP contribution in [0.3, 0.4) is 0 Å². The number of carbonyl (C=O) groups is 1. The predicted octanol–water partition coefficient (Wildman–Crippen LogP) is 0.829. The Bertz CT molecular complexity index is 235. The molecule has 6 nitrogen and oxygen atoms in total. The molecule has 0 aliphatic heterocycles. The highest BCUT2D eigenvalue weighted by Crippen LogP contribution is 2.25. The van der Waals surface area contributed by atoms with E-state index in [-0.39, 0.29) is 18.3 Å². The third-order valence-electron chi connectivity index (χ3n) is 1.55. The first-order valence-corrected chi connectivity index (χ1v) is 6.27. The summed E-state index contributed by atoms with van der Waals surface area (Å²) in [6.45, 7) is 3.18. The van der Waals surface area contributed by atoms with E-state index in [2.05, 4.69) is 15.0 Å². The van der Waals surface area contributed by atoms with Crippen molar-refractivity contribution in [2.24, 2.45) is 11.3 Å². The molecule has 88 valence electrons. The quantitative estimate of drug-likeness (QED) is 0.395. The fraction of sp³-hybridized carbons (Fsp3) is 0.857. The van der Waals surface area contributed by atoms with Crippen molar-refractivity contribution in [1.29, 1.82) is 0 Å². The van der Waals surface area contributed by atoms with E-state index < -0.39 is 13.7 Å². The van der Waals surface area contributed by atoms with Gasteiger partial charge in [0, 0.05) is 10.3 Å². The van der Waals surface area contributed by atoms with Gasteiger partial charge in [-0.25, -0.2) is 0 Å². The smallest absolute Gasteiger partial charge is 0.395 e. The third kappa shape index (κ3) is 6.19. The van der Waals surface area contributed by atoms with E-state index in [4.69, 9.17) is 5.11 Å². The summed E-state index contributed by atoms with van der Waals surface area (Å²) in [5.41, 5.74) is -0.767. The largest absolute Gasteiger partial charge is 0.716 e. The van der Waals surface area contributed by atoms with Crippen LogP contribution < -0.4 is 5.90 Å². The first-order chi connectivity index (χ1) is 6.94. The average molecular weight is 256 g/mol. The summed E-state index contributed by atoms with van der Waals surface area (Å²) in [5.74, 6) is 4.93. The molecule has 0 bridgehead atoms. The molecule has 0 aliphatic carbocycles. The SMILES string of the molecule is CC(C)(CO)C(=O)SCCO[P+](=O)ON. The summed E-state index contributed by atoms with van der Waals surface area (Å²) in [7, 11) is -2.29. The van der Waals surface area contributed by atoms with Gasteiger partial charge in [-0.15, -0.1) is 4.52 Å². The van der Waals surface area contributed by atoms with Gasteiger partial charge < -0.3 is 5.11 Å². The van der Waals surface area contributed by atoms with Crippen molar-refractivity contribution in [1.82, 2.24) is 0 Å². The summed E-state index contributed by atoms with van der Waals surface area (Å²) in [5, 5.41) is 8.76. The topological polar surface area (TPSA) is 98.8 Å². The molecule has 1 atom stereocenters. The monoisotopic (exact) mass is 256 g/mol. The zero-order chi connectivity index (χ0) is 11.9. The van der Waals surface area contributed by atoms with Crippen LogP contribution in [0.1, 0.15) is 13.8 Å². The molecule has 0 heterocycles. The molecule has 0 saturated heterocycles.